The van der Waals surface area contributed by atoms with E-state index in [1.54, 1.807) is 12.1 Å². The molecule has 2 aromatic rings. The molecule has 0 aliphatic carbocycles. The lowest BCUT2D eigenvalue weighted by Gasteiger charge is -2.34. The summed E-state index contributed by atoms with van der Waals surface area (Å²) in [5.41, 5.74) is 9.26. The molecule has 1 fully saturated rings. The van der Waals surface area contributed by atoms with E-state index in [1.165, 1.54) is 12.0 Å². The Bertz CT molecular complexity index is 1110. The number of nitrogens with one attached hydrogen (secondary N) is 2. The largest absolute Gasteiger partial charge is 0.400 e. The van der Waals surface area contributed by atoms with E-state index in [-0.39, 0.29) is 30.7 Å². The van der Waals surface area contributed by atoms with E-state index in [2.05, 4.69) is 22.2 Å². The Kier molecular flexibility index (Phi) is 7.48. The molecule has 4 rings (SSSR count). The Labute approximate surface area is 205 Å². The zero-order valence-corrected chi connectivity index (χ0v) is 20.2. The average Bonchev–Trinajstić information content (AvgIpc) is 3.27. The van der Waals surface area contributed by atoms with Gasteiger partial charge in [-0.05, 0) is 36.9 Å². The van der Waals surface area contributed by atoms with E-state index < -0.39 is 6.10 Å². The van der Waals surface area contributed by atoms with Crippen LogP contribution in [0.25, 0.3) is 0 Å². The molecule has 2 aliphatic rings. The molecule has 1 atom stereocenters. The number of rotatable bonds is 6. The maximum absolute atomic E-state index is 13.1. The molecule has 0 aromatic heterocycles. The summed E-state index contributed by atoms with van der Waals surface area (Å²) in [4.78, 5) is 32.0. The topological polar surface area (TPSA) is 115 Å². The lowest BCUT2D eigenvalue weighted by Crippen LogP contribution is -2.44. The molecule has 2 amide bonds. The zero-order chi connectivity index (χ0) is 24.9. The smallest absolute Gasteiger partial charge is 0.256 e. The number of benzene rings is 2. The average molecular weight is 477 g/mol. The number of piperazine rings is 1. The highest BCUT2D eigenvalue weighted by Crippen LogP contribution is 2.24. The number of anilines is 1. The first-order valence-corrected chi connectivity index (χ1v) is 11.6. The van der Waals surface area contributed by atoms with Crippen LogP contribution >= 0.6 is 0 Å². The van der Waals surface area contributed by atoms with Gasteiger partial charge in [0.2, 0.25) is 0 Å². The molecule has 0 radical (unpaired) electrons. The third-order valence-electron chi connectivity index (χ3n) is 6.51. The SMILES string of the molecule is CO[C@@H](C(=O)N1CC(N)=C(C(=N)NC(=O)c2ccc(N3CCN(C)CC3)cc2)C1)c1ccccc1. The molecule has 1 saturated heterocycles. The van der Waals surface area contributed by atoms with Gasteiger partial charge >= 0.3 is 0 Å². The Morgan fingerprint density at radius 2 is 1.66 bits per heavy atom. The van der Waals surface area contributed by atoms with Crippen LogP contribution in [-0.4, -0.2) is 80.9 Å². The first-order valence-electron chi connectivity index (χ1n) is 11.6. The first-order chi connectivity index (χ1) is 16.9. The van der Waals surface area contributed by atoms with Crippen molar-refractivity contribution in [3.63, 3.8) is 0 Å². The van der Waals surface area contributed by atoms with Crippen LogP contribution in [-0.2, 0) is 9.53 Å². The minimum atomic E-state index is -0.758. The van der Waals surface area contributed by atoms with E-state index in [4.69, 9.17) is 15.9 Å². The van der Waals surface area contributed by atoms with Gasteiger partial charge in [0.05, 0.1) is 13.1 Å². The van der Waals surface area contributed by atoms with Crippen LogP contribution in [0, 0.1) is 5.41 Å². The van der Waals surface area contributed by atoms with Crippen LogP contribution in [0.2, 0.25) is 0 Å². The van der Waals surface area contributed by atoms with E-state index in [9.17, 15) is 9.59 Å². The molecule has 9 nitrogen and oxygen atoms in total. The van der Waals surface area contributed by atoms with Gasteiger partial charge in [0.15, 0.2) is 6.10 Å². The number of amides is 2. The molecular formula is C26H32N6O3. The number of hydrogen-bond acceptors (Lipinski definition) is 7. The van der Waals surface area contributed by atoms with Gasteiger partial charge in [-0.2, -0.15) is 0 Å². The van der Waals surface area contributed by atoms with Crippen LogP contribution < -0.4 is 16.0 Å². The third-order valence-corrected chi connectivity index (χ3v) is 6.51. The summed E-state index contributed by atoms with van der Waals surface area (Å²) in [5, 5.41) is 11.0. The highest BCUT2D eigenvalue weighted by Gasteiger charge is 2.32. The summed E-state index contributed by atoms with van der Waals surface area (Å²) in [5.74, 6) is -0.723. The van der Waals surface area contributed by atoms with Gasteiger partial charge in [-0.3, -0.25) is 15.0 Å². The Morgan fingerprint density at radius 1 is 1.00 bits per heavy atom. The number of nitrogens with two attached hydrogens (primary N) is 1. The standard InChI is InChI=1S/C26H32N6O3/c1-30-12-14-31(15-13-30)20-10-8-19(9-11-20)25(33)29-24(28)21-16-32(17-22(21)27)26(34)23(35-2)18-6-4-3-5-7-18/h3-11,23H,12-17,27H2,1-2H3,(H2,28,29,33)/t23-/m1/s1. The first kappa shape index (κ1) is 24.4. The molecule has 0 saturated carbocycles. The summed E-state index contributed by atoms with van der Waals surface area (Å²) in [7, 11) is 3.60. The highest BCUT2D eigenvalue weighted by molar-refractivity contribution is 6.12. The molecular weight excluding hydrogens is 444 g/mol. The van der Waals surface area contributed by atoms with Gasteiger partial charge < -0.3 is 30.5 Å². The number of methoxy groups -OCH3 is 1. The van der Waals surface area contributed by atoms with Gasteiger partial charge in [-0.1, -0.05) is 30.3 Å². The third kappa shape index (κ3) is 5.52. The summed E-state index contributed by atoms with van der Waals surface area (Å²) in [6.45, 7) is 4.22. The maximum Gasteiger partial charge on any atom is 0.256 e. The molecule has 0 bridgehead atoms. The van der Waals surface area contributed by atoms with Gasteiger partial charge in [0.1, 0.15) is 5.84 Å². The maximum atomic E-state index is 13.1. The monoisotopic (exact) mass is 476 g/mol. The minimum absolute atomic E-state index is 0.0976. The lowest BCUT2D eigenvalue weighted by atomic mass is 10.1. The molecule has 184 valence electrons. The predicted molar refractivity (Wildman–Crippen MR) is 135 cm³/mol. The number of ether oxygens (including phenoxy) is 1. The van der Waals surface area contributed by atoms with Crippen LogP contribution in [0.1, 0.15) is 22.0 Å². The van der Waals surface area contributed by atoms with E-state index in [0.29, 0.717) is 16.8 Å². The molecule has 2 aliphatic heterocycles. The fraction of sp³-hybridized carbons (Fsp3) is 0.346. The Hall–Kier alpha value is -3.69. The normalized spacial score (nSPS) is 17.4. The van der Waals surface area contributed by atoms with Crippen molar-refractivity contribution in [2.75, 3.05) is 58.3 Å². The van der Waals surface area contributed by atoms with Gasteiger partial charge in [0.25, 0.3) is 11.8 Å². The second-order valence-corrected chi connectivity index (χ2v) is 8.89. The summed E-state index contributed by atoms with van der Waals surface area (Å²) >= 11 is 0. The number of carbonyl (C=O) groups excluding carboxylic acids is 2. The van der Waals surface area contributed by atoms with Crippen molar-refractivity contribution >= 4 is 23.3 Å². The van der Waals surface area contributed by atoms with E-state index >= 15 is 0 Å². The molecule has 0 spiro atoms. The molecule has 0 unspecified atom stereocenters. The fourth-order valence-corrected chi connectivity index (χ4v) is 4.37. The summed E-state index contributed by atoms with van der Waals surface area (Å²) < 4.78 is 5.44. The Morgan fingerprint density at radius 3 is 2.29 bits per heavy atom. The number of carbonyl (C=O) groups is 2. The van der Waals surface area contributed by atoms with Crippen LogP contribution in [0.3, 0.4) is 0 Å². The quantitative estimate of drug-likeness (QED) is 0.431. The van der Waals surface area contributed by atoms with Gasteiger partial charge in [0, 0.05) is 55.8 Å². The summed E-state index contributed by atoms with van der Waals surface area (Å²) in [6.07, 6.45) is -0.758. The number of amidine groups is 1. The van der Waals surface area contributed by atoms with Crippen LogP contribution in [0.4, 0.5) is 5.69 Å². The zero-order valence-electron chi connectivity index (χ0n) is 20.2. The summed E-state index contributed by atoms with van der Waals surface area (Å²) in [6, 6.07) is 16.6. The van der Waals surface area contributed by atoms with Crippen molar-refractivity contribution < 1.29 is 14.3 Å². The van der Waals surface area contributed by atoms with E-state index in [0.717, 1.165) is 37.4 Å². The highest BCUT2D eigenvalue weighted by atomic mass is 16.5. The van der Waals surface area contributed by atoms with Crippen LogP contribution in [0.15, 0.2) is 65.9 Å². The van der Waals surface area contributed by atoms with Crippen molar-refractivity contribution in [2.24, 2.45) is 5.73 Å². The second kappa shape index (κ2) is 10.7. The van der Waals surface area contributed by atoms with Gasteiger partial charge in [-0.25, -0.2) is 0 Å². The fourth-order valence-electron chi connectivity index (χ4n) is 4.37. The van der Waals surface area contributed by atoms with Crippen molar-refractivity contribution in [2.45, 2.75) is 6.10 Å². The molecule has 4 N–H and O–H groups in total. The molecule has 2 heterocycles. The number of likely N-dealkylation sites (N-methyl/N-ethyl adjacent to an activating group) is 1. The Balaban J connectivity index is 1.36. The molecule has 9 heteroatoms. The molecule has 35 heavy (non-hydrogen) atoms. The van der Waals surface area contributed by atoms with Gasteiger partial charge in [-0.15, -0.1) is 0 Å². The van der Waals surface area contributed by atoms with Crippen LogP contribution in [0.5, 0.6) is 0 Å². The van der Waals surface area contributed by atoms with E-state index in [1.807, 2.05) is 42.5 Å². The molecule has 2 aromatic carbocycles. The predicted octanol–water partition coefficient (Wildman–Crippen LogP) is 1.59. The van der Waals surface area contributed by atoms with Crippen molar-refractivity contribution in [1.82, 2.24) is 15.1 Å². The number of nitrogens with zero attached hydrogens (tertiary/aromatic N) is 3. The lowest BCUT2D eigenvalue weighted by molar-refractivity contribution is -0.141. The van der Waals surface area contributed by atoms with Crippen molar-refractivity contribution in [3.05, 3.63) is 77.0 Å². The number of hydrogen-bond donors (Lipinski definition) is 3. The van der Waals surface area contributed by atoms with Crippen molar-refractivity contribution in [1.29, 1.82) is 5.41 Å². The van der Waals surface area contributed by atoms with Crippen molar-refractivity contribution in [3.8, 4) is 0 Å². The second-order valence-electron chi connectivity index (χ2n) is 8.89. The minimum Gasteiger partial charge on any atom is -0.400 e.